The molecule has 0 aliphatic carbocycles. The van der Waals surface area contributed by atoms with Crippen LogP contribution in [0.3, 0.4) is 0 Å². The minimum Gasteiger partial charge on any atom is -0.483 e. The van der Waals surface area contributed by atoms with Gasteiger partial charge in [-0.25, -0.2) is 4.99 Å². The third-order valence-corrected chi connectivity index (χ3v) is 4.21. The highest BCUT2D eigenvalue weighted by atomic mass is 16.5. The molecule has 2 aromatic rings. The molecule has 0 saturated carbocycles. The van der Waals surface area contributed by atoms with Gasteiger partial charge in [0.25, 0.3) is 0 Å². The van der Waals surface area contributed by atoms with Gasteiger partial charge in [0.1, 0.15) is 6.10 Å². The largest absolute Gasteiger partial charge is 0.483 e. The summed E-state index contributed by atoms with van der Waals surface area (Å²) in [6.07, 6.45) is -0.136. The van der Waals surface area contributed by atoms with E-state index in [0.29, 0.717) is 5.90 Å². The molecule has 0 bridgehead atoms. The van der Waals surface area contributed by atoms with Crippen LogP contribution in [0, 0.1) is 0 Å². The molecule has 2 atom stereocenters. The maximum absolute atomic E-state index is 5.86. The molecular formula is C18H19NO2. The van der Waals surface area contributed by atoms with Crippen LogP contribution in [0.15, 0.2) is 59.6 Å². The van der Waals surface area contributed by atoms with E-state index in [-0.39, 0.29) is 6.10 Å². The highest BCUT2D eigenvalue weighted by Crippen LogP contribution is 2.47. The molecule has 0 aromatic heterocycles. The van der Waals surface area contributed by atoms with Crippen LogP contribution in [0.25, 0.3) is 0 Å². The molecule has 3 nitrogen and oxygen atoms in total. The molecule has 1 heterocycles. The van der Waals surface area contributed by atoms with Gasteiger partial charge in [0.15, 0.2) is 0 Å². The van der Waals surface area contributed by atoms with Gasteiger partial charge in [0, 0.05) is 12.7 Å². The molecule has 1 aliphatic rings. The maximum atomic E-state index is 5.86. The summed E-state index contributed by atoms with van der Waals surface area (Å²) in [7, 11) is 3.40. The van der Waals surface area contributed by atoms with Crippen molar-refractivity contribution in [3.63, 3.8) is 0 Å². The minimum absolute atomic E-state index is 0.136. The number of benzene rings is 2. The van der Waals surface area contributed by atoms with E-state index in [4.69, 9.17) is 14.5 Å². The van der Waals surface area contributed by atoms with E-state index in [1.165, 1.54) is 0 Å². The lowest BCUT2D eigenvalue weighted by Gasteiger charge is -2.40. The van der Waals surface area contributed by atoms with Crippen molar-refractivity contribution in [2.75, 3.05) is 14.2 Å². The monoisotopic (exact) mass is 281 g/mol. The maximum Gasteiger partial charge on any atom is 0.201 e. The number of aliphatic imine (C=N–C) groups is 1. The van der Waals surface area contributed by atoms with Crippen molar-refractivity contribution in [1.29, 1.82) is 0 Å². The highest BCUT2D eigenvalue weighted by molar-refractivity contribution is 5.93. The standard InChI is InChI=1S/C18H19NO2/c1-18(13-9-5-4-6-10-13)16(20-2)14-11-7-8-12-15(14)19-17(18)21-3/h4-12,16H,1-3H3. The van der Waals surface area contributed by atoms with Gasteiger partial charge in [-0.3, -0.25) is 0 Å². The Morgan fingerprint density at radius 2 is 1.62 bits per heavy atom. The fraction of sp³-hybridized carbons (Fsp3) is 0.278. The van der Waals surface area contributed by atoms with Gasteiger partial charge in [-0.2, -0.15) is 0 Å². The lowest BCUT2D eigenvalue weighted by atomic mass is 9.72. The Hall–Kier alpha value is -2.13. The van der Waals surface area contributed by atoms with Crippen LogP contribution in [0.1, 0.15) is 24.2 Å². The Balaban J connectivity index is 2.24. The van der Waals surface area contributed by atoms with Gasteiger partial charge in [0.2, 0.25) is 5.90 Å². The van der Waals surface area contributed by atoms with Crippen molar-refractivity contribution in [3.05, 3.63) is 65.7 Å². The van der Waals surface area contributed by atoms with Crippen molar-refractivity contribution < 1.29 is 9.47 Å². The number of methoxy groups -OCH3 is 2. The summed E-state index contributed by atoms with van der Waals surface area (Å²) in [5, 5.41) is 0. The van der Waals surface area contributed by atoms with E-state index >= 15 is 0 Å². The average Bonchev–Trinajstić information content (AvgIpc) is 2.55. The van der Waals surface area contributed by atoms with Crippen LogP contribution >= 0.6 is 0 Å². The Bertz CT molecular complexity index is 666. The summed E-state index contributed by atoms with van der Waals surface area (Å²) in [5.41, 5.74) is 2.69. The van der Waals surface area contributed by atoms with E-state index in [2.05, 4.69) is 25.1 Å². The average molecular weight is 281 g/mol. The molecule has 0 N–H and O–H groups in total. The molecular weight excluding hydrogens is 262 g/mol. The van der Waals surface area contributed by atoms with Gasteiger partial charge in [0.05, 0.1) is 18.2 Å². The van der Waals surface area contributed by atoms with Crippen molar-refractivity contribution in [2.24, 2.45) is 4.99 Å². The molecule has 0 spiro atoms. The zero-order chi connectivity index (χ0) is 14.9. The van der Waals surface area contributed by atoms with Crippen LogP contribution in [0.2, 0.25) is 0 Å². The van der Waals surface area contributed by atoms with E-state index in [0.717, 1.165) is 16.8 Å². The first-order valence-electron chi connectivity index (χ1n) is 7.02. The van der Waals surface area contributed by atoms with Crippen LogP contribution in [0.4, 0.5) is 5.69 Å². The summed E-state index contributed by atoms with van der Waals surface area (Å²) < 4.78 is 11.5. The smallest absolute Gasteiger partial charge is 0.201 e. The van der Waals surface area contributed by atoms with Gasteiger partial charge >= 0.3 is 0 Å². The summed E-state index contributed by atoms with van der Waals surface area (Å²) >= 11 is 0. The number of hydrogen-bond donors (Lipinski definition) is 0. The SMILES string of the molecule is COC1=Nc2ccccc2C(OC)C1(C)c1ccccc1. The fourth-order valence-corrected chi connectivity index (χ4v) is 3.14. The van der Waals surface area contributed by atoms with Gasteiger partial charge in [-0.15, -0.1) is 0 Å². The van der Waals surface area contributed by atoms with Gasteiger partial charge < -0.3 is 9.47 Å². The zero-order valence-corrected chi connectivity index (χ0v) is 12.5. The predicted molar refractivity (Wildman–Crippen MR) is 84.1 cm³/mol. The Labute approximate surface area is 125 Å². The van der Waals surface area contributed by atoms with Crippen molar-refractivity contribution in [1.82, 2.24) is 0 Å². The molecule has 0 radical (unpaired) electrons. The summed E-state index contributed by atoms with van der Waals surface area (Å²) in [5.74, 6) is 0.680. The molecule has 3 rings (SSSR count). The molecule has 0 amide bonds. The number of ether oxygens (including phenoxy) is 2. The second kappa shape index (κ2) is 5.34. The van der Waals surface area contributed by atoms with Crippen molar-refractivity contribution in [3.8, 4) is 0 Å². The quantitative estimate of drug-likeness (QED) is 0.832. The van der Waals surface area contributed by atoms with E-state index in [9.17, 15) is 0 Å². The van der Waals surface area contributed by atoms with E-state index < -0.39 is 5.41 Å². The third-order valence-electron chi connectivity index (χ3n) is 4.21. The second-order valence-electron chi connectivity index (χ2n) is 5.36. The first-order valence-corrected chi connectivity index (χ1v) is 7.02. The van der Waals surface area contributed by atoms with Gasteiger partial charge in [-0.1, -0.05) is 48.5 Å². The molecule has 108 valence electrons. The topological polar surface area (TPSA) is 30.8 Å². The molecule has 21 heavy (non-hydrogen) atoms. The van der Waals surface area contributed by atoms with Gasteiger partial charge in [-0.05, 0) is 18.6 Å². The van der Waals surface area contributed by atoms with Crippen LogP contribution in [0.5, 0.6) is 0 Å². The number of fused-ring (bicyclic) bond motifs is 1. The molecule has 2 unspecified atom stereocenters. The lowest BCUT2D eigenvalue weighted by molar-refractivity contribution is 0.0536. The number of rotatable bonds is 2. The normalized spacial score (nSPS) is 24.1. The number of hydrogen-bond acceptors (Lipinski definition) is 3. The van der Waals surface area contributed by atoms with Crippen molar-refractivity contribution >= 4 is 11.6 Å². The third kappa shape index (κ3) is 2.05. The van der Waals surface area contributed by atoms with Crippen LogP contribution in [-0.2, 0) is 14.9 Å². The zero-order valence-electron chi connectivity index (χ0n) is 12.5. The molecule has 1 aliphatic heterocycles. The molecule has 2 aromatic carbocycles. The summed E-state index contributed by atoms with van der Waals surface area (Å²) in [4.78, 5) is 4.71. The number of para-hydroxylation sites is 1. The molecule has 0 fully saturated rings. The predicted octanol–water partition coefficient (Wildman–Crippen LogP) is 4.02. The first kappa shape index (κ1) is 13.8. The van der Waals surface area contributed by atoms with Crippen molar-refractivity contribution in [2.45, 2.75) is 18.4 Å². The minimum atomic E-state index is -0.445. The first-order chi connectivity index (χ1) is 10.2. The summed E-state index contributed by atoms with van der Waals surface area (Å²) in [6, 6.07) is 18.3. The lowest BCUT2D eigenvalue weighted by Crippen LogP contribution is -2.42. The summed E-state index contributed by atoms with van der Waals surface area (Å²) in [6.45, 7) is 2.12. The van der Waals surface area contributed by atoms with E-state index in [1.807, 2.05) is 36.4 Å². The Morgan fingerprint density at radius 1 is 0.952 bits per heavy atom. The number of nitrogens with zero attached hydrogens (tertiary/aromatic N) is 1. The van der Waals surface area contributed by atoms with Crippen LogP contribution in [-0.4, -0.2) is 20.1 Å². The molecule has 0 saturated heterocycles. The highest BCUT2D eigenvalue weighted by Gasteiger charge is 2.46. The second-order valence-corrected chi connectivity index (χ2v) is 5.36. The fourth-order valence-electron chi connectivity index (χ4n) is 3.14. The molecule has 3 heteroatoms. The Morgan fingerprint density at radius 3 is 2.29 bits per heavy atom. The van der Waals surface area contributed by atoms with Crippen LogP contribution < -0.4 is 0 Å². The Kier molecular flexibility index (Phi) is 3.52. The van der Waals surface area contributed by atoms with E-state index in [1.54, 1.807) is 14.2 Å².